The van der Waals surface area contributed by atoms with Crippen LogP contribution < -0.4 is 10.5 Å². The van der Waals surface area contributed by atoms with Gasteiger partial charge in [-0.2, -0.15) is 0 Å². The second-order valence-corrected chi connectivity index (χ2v) is 4.93. The van der Waals surface area contributed by atoms with E-state index in [-0.39, 0.29) is 23.5 Å². The summed E-state index contributed by atoms with van der Waals surface area (Å²) >= 11 is 0. The number of carbonyl (C=O) groups excluding carboxylic acids is 1. The van der Waals surface area contributed by atoms with E-state index in [0.29, 0.717) is 6.54 Å². The summed E-state index contributed by atoms with van der Waals surface area (Å²) in [4.78, 5) is 14.3. The normalized spacial score (nSPS) is 18.0. The van der Waals surface area contributed by atoms with Gasteiger partial charge in [-0.1, -0.05) is 12.1 Å². The van der Waals surface area contributed by atoms with Crippen molar-refractivity contribution in [3.05, 3.63) is 35.5 Å². The molecule has 0 radical (unpaired) electrons. The molecule has 1 aromatic carbocycles. The minimum absolute atomic E-state index is 0.0105. The van der Waals surface area contributed by atoms with Crippen LogP contribution in [-0.4, -0.2) is 34.8 Å². The number of nitrogens with zero attached hydrogens (tertiary/aromatic N) is 3. The highest BCUT2D eigenvalue weighted by atomic mass is 16.6. The Bertz CT molecular complexity index is 655. The molecule has 1 aromatic heterocycles. The van der Waals surface area contributed by atoms with Crippen LogP contribution in [0.2, 0.25) is 0 Å². The first-order valence-corrected chi connectivity index (χ1v) is 6.73. The molecule has 0 spiro atoms. The van der Waals surface area contributed by atoms with Gasteiger partial charge in [0.25, 0.3) is 5.91 Å². The molecule has 1 amide bonds. The van der Waals surface area contributed by atoms with E-state index < -0.39 is 0 Å². The van der Waals surface area contributed by atoms with Crippen molar-refractivity contribution >= 4 is 11.7 Å². The molecule has 0 bridgehead atoms. The average molecular weight is 288 g/mol. The van der Waals surface area contributed by atoms with Gasteiger partial charge in [0.2, 0.25) is 11.5 Å². The second kappa shape index (κ2) is 5.43. The molecule has 1 fully saturated rings. The number of ether oxygens (including phenoxy) is 1. The summed E-state index contributed by atoms with van der Waals surface area (Å²) in [5.74, 6) is 0.546. The molecule has 1 saturated heterocycles. The molecule has 1 atom stereocenters. The lowest BCUT2D eigenvalue weighted by atomic mass is 10.0. The van der Waals surface area contributed by atoms with Crippen LogP contribution in [0, 0.1) is 0 Å². The molecule has 110 valence electrons. The maximum atomic E-state index is 12.5. The van der Waals surface area contributed by atoms with E-state index >= 15 is 0 Å². The third-order valence-electron chi connectivity index (χ3n) is 3.71. The van der Waals surface area contributed by atoms with Crippen LogP contribution in [0.1, 0.15) is 34.9 Å². The zero-order valence-electron chi connectivity index (χ0n) is 11.7. The van der Waals surface area contributed by atoms with Gasteiger partial charge in [0, 0.05) is 6.54 Å². The van der Waals surface area contributed by atoms with Crippen molar-refractivity contribution in [3.8, 4) is 5.75 Å². The van der Waals surface area contributed by atoms with Crippen LogP contribution in [0.25, 0.3) is 0 Å². The molecule has 2 aromatic rings. The first kappa shape index (κ1) is 13.4. The number of anilines is 1. The molecule has 1 aliphatic rings. The van der Waals surface area contributed by atoms with Gasteiger partial charge >= 0.3 is 0 Å². The third-order valence-corrected chi connectivity index (χ3v) is 3.71. The van der Waals surface area contributed by atoms with Gasteiger partial charge in [-0.25, -0.2) is 4.63 Å². The average Bonchev–Trinajstić information content (AvgIpc) is 3.15. The van der Waals surface area contributed by atoms with Gasteiger partial charge in [0.1, 0.15) is 5.75 Å². The molecular formula is C14H16N4O3. The molecule has 0 saturated carbocycles. The maximum Gasteiger partial charge on any atom is 0.280 e. The predicted molar refractivity (Wildman–Crippen MR) is 74.7 cm³/mol. The highest BCUT2D eigenvalue weighted by Gasteiger charge is 2.33. The lowest BCUT2D eigenvalue weighted by Crippen LogP contribution is -2.31. The number of rotatable bonds is 3. The second-order valence-electron chi connectivity index (χ2n) is 4.93. The Morgan fingerprint density at radius 2 is 2.33 bits per heavy atom. The zero-order valence-corrected chi connectivity index (χ0v) is 11.7. The first-order valence-electron chi connectivity index (χ1n) is 6.73. The molecule has 2 N–H and O–H groups in total. The van der Waals surface area contributed by atoms with Gasteiger partial charge in [0.05, 0.1) is 13.2 Å². The monoisotopic (exact) mass is 288 g/mol. The molecule has 0 aliphatic carbocycles. The Kier molecular flexibility index (Phi) is 3.47. The summed E-state index contributed by atoms with van der Waals surface area (Å²) in [6, 6.07) is 7.72. The Morgan fingerprint density at radius 1 is 1.48 bits per heavy atom. The predicted octanol–water partition coefficient (Wildman–Crippen LogP) is 1.64. The van der Waals surface area contributed by atoms with Gasteiger partial charge < -0.3 is 15.4 Å². The molecule has 1 aliphatic heterocycles. The largest absolute Gasteiger partial charge is 0.497 e. The molecule has 21 heavy (non-hydrogen) atoms. The lowest BCUT2D eigenvalue weighted by molar-refractivity contribution is 0.0725. The highest BCUT2D eigenvalue weighted by molar-refractivity contribution is 5.96. The Labute approximate surface area is 121 Å². The van der Waals surface area contributed by atoms with Crippen molar-refractivity contribution in [1.82, 2.24) is 15.2 Å². The fourth-order valence-corrected chi connectivity index (χ4v) is 2.68. The van der Waals surface area contributed by atoms with Crippen molar-refractivity contribution in [2.75, 3.05) is 19.4 Å². The van der Waals surface area contributed by atoms with Gasteiger partial charge in [-0.3, -0.25) is 4.79 Å². The number of carbonyl (C=O) groups is 1. The first-order chi connectivity index (χ1) is 10.2. The Hall–Kier alpha value is -2.57. The van der Waals surface area contributed by atoms with Crippen LogP contribution in [0.4, 0.5) is 5.82 Å². The van der Waals surface area contributed by atoms with Gasteiger partial charge in [-0.05, 0) is 40.9 Å². The van der Waals surface area contributed by atoms with Crippen molar-refractivity contribution in [2.45, 2.75) is 18.9 Å². The quantitative estimate of drug-likeness (QED) is 0.922. The number of hydrogen-bond acceptors (Lipinski definition) is 6. The number of hydrogen-bond donors (Lipinski definition) is 1. The fourth-order valence-electron chi connectivity index (χ4n) is 2.68. The van der Waals surface area contributed by atoms with Gasteiger partial charge in [-0.15, -0.1) is 0 Å². The summed E-state index contributed by atoms with van der Waals surface area (Å²) in [5, 5.41) is 7.05. The van der Waals surface area contributed by atoms with Crippen LogP contribution in [0.15, 0.2) is 28.9 Å². The van der Waals surface area contributed by atoms with Crippen molar-refractivity contribution in [2.24, 2.45) is 0 Å². The van der Waals surface area contributed by atoms with E-state index in [0.717, 1.165) is 24.2 Å². The maximum absolute atomic E-state index is 12.5. The standard InChI is InChI=1S/C14H16N4O3/c1-20-10-5-2-4-9(8-10)11-6-3-7-18(11)14(19)12-13(15)17-21-16-12/h2,4-5,8,11H,3,6-7H2,1H3,(H2,15,17). The van der Waals surface area contributed by atoms with E-state index in [1.807, 2.05) is 24.3 Å². The van der Waals surface area contributed by atoms with Crippen LogP contribution >= 0.6 is 0 Å². The Balaban J connectivity index is 1.88. The summed E-state index contributed by atoms with van der Waals surface area (Å²) in [6.45, 7) is 0.660. The SMILES string of the molecule is COc1cccc(C2CCCN2C(=O)c2nonc2N)c1. The molecule has 7 nitrogen and oxygen atoms in total. The van der Waals surface area contributed by atoms with E-state index in [9.17, 15) is 4.79 Å². The number of methoxy groups -OCH3 is 1. The minimum atomic E-state index is -0.251. The van der Waals surface area contributed by atoms with Crippen molar-refractivity contribution < 1.29 is 14.2 Å². The lowest BCUT2D eigenvalue weighted by Gasteiger charge is -2.24. The van der Waals surface area contributed by atoms with Crippen LogP contribution in [0.3, 0.4) is 0 Å². The highest BCUT2D eigenvalue weighted by Crippen LogP contribution is 2.34. The number of nitrogens with two attached hydrogens (primary N) is 1. The smallest absolute Gasteiger partial charge is 0.280 e. The van der Waals surface area contributed by atoms with Crippen molar-refractivity contribution in [3.63, 3.8) is 0 Å². The van der Waals surface area contributed by atoms with Crippen LogP contribution in [-0.2, 0) is 0 Å². The number of likely N-dealkylation sites (tertiary alicyclic amines) is 1. The fraction of sp³-hybridized carbons (Fsp3) is 0.357. The molecular weight excluding hydrogens is 272 g/mol. The minimum Gasteiger partial charge on any atom is -0.497 e. The molecule has 3 rings (SSSR count). The van der Waals surface area contributed by atoms with E-state index in [4.69, 9.17) is 10.5 Å². The summed E-state index contributed by atoms with van der Waals surface area (Å²) < 4.78 is 9.75. The number of amides is 1. The number of aromatic nitrogens is 2. The van der Waals surface area contributed by atoms with Crippen molar-refractivity contribution in [1.29, 1.82) is 0 Å². The van der Waals surface area contributed by atoms with E-state index in [2.05, 4.69) is 14.9 Å². The van der Waals surface area contributed by atoms with Gasteiger partial charge in [0.15, 0.2) is 0 Å². The van der Waals surface area contributed by atoms with E-state index in [1.165, 1.54) is 0 Å². The Morgan fingerprint density at radius 3 is 3.05 bits per heavy atom. The summed E-state index contributed by atoms with van der Waals surface area (Å²) in [6.07, 6.45) is 1.82. The third kappa shape index (κ3) is 2.42. The van der Waals surface area contributed by atoms with E-state index in [1.54, 1.807) is 12.0 Å². The topological polar surface area (TPSA) is 94.5 Å². The summed E-state index contributed by atoms with van der Waals surface area (Å²) in [7, 11) is 1.62. The molecule has 1 unspecified atom stereocenters. The number of nitrogen functional groups attached to an aromatic ring is 1. The van der Waals surface area contributed by atoms with Crippen LogP contribution in [0.5, 0.6) is 5.75 Å². The molecule has 7 heteroatoms. The molecule has 2 heterocycles. The summed E-state index contributed by atoms with van der Waals surface area (Å²) in [5.41, 5.74) is 6.72. The zero-order chi connectivity index (χ0) is 14.8. The number of benzene rings is 1.